The van der Waals surface area contributed by atoms with E-state index in [0.29, 0.717) is 5.56 Å². The van der Waals surface area contributed by atoms with Crippen molar-refractivity contribution in [2.45, 2.75) is 13.0 Å². The van der Waals surface area contributed by atoms with Gasteiger partial charge in [0, 0.05) is 9.35 Å². The number of nitrogens with one attached hydrogen (secondary N) is 1. The second-order valence-electron chi connectivity index (χ2n) is 3.82. The zero-order chi connectivity index (χ0) is 13.1. The molecule has 0 bridgehead atoms. The molecule has 0 radical (unpaired) electrons. The van der Waals surface area contributed by atoms with E-state index in [-0.39, 0.29) is 11.9 Å². The molecule has 1 atom stereocenters. The van der Waals surface area contributed by atoms with Crippen LogP contribution in [0.5, 0.6) is 0 Å². The fourth-order valence-electron chi connectivity index (χ4n) is 1.55. The minimum atomic E-state index is -0.0977. The average Bonchev–Trinajstić information content (AvgIpc) is 2.76. The van der Waals surface area contributed by atoms with E-state index in [4.69, 9.17) is 11.6 Å². The van der Waals surface area contributed by atoms with E-state index in [1.54, 1.807) is 6.07 Å². The Morgan fingerprint density at radius 3 is 2.67 bits per heavy atom. The predicted molar refractivity (Wildman–Crippen MR) is 79.4 cm³/mol. The van der Waals surface area contributed by atoms with Crippen molar-refractivity contribution in [2.24, 2.45) is 0 Å². The maximum atomic E-state index is 12.1. The van der Waals surface area contributed by atoms with Crippen molar-refractivity contribution in [1.29, 1.82) is 0 Å². The first kappa shape index (κ1) is 13.6. The summed E-state index contributed by atoms with van der Waals surface area (Å²) in [5, 5.41) is 2.95. The van der Waals surface area contributed by atoms with E-state index in [1.165, 1.54) is 11.3 Å². The van der Waals surface area contributed by atoms with Crippen LogP contribution in [0.15, 0.2) is 40.9 Å². The quantitative estimate of drug-likeness (QED) is 0.862. The molecule has 0 spiro atoms. The van der Waals surface area contributed by atoms with Gasteiger partial charge < -0.3 is 5.32 Å². The van der Waals surface area contributed by atoms with E-state index in [1.807, 2.05) is 37.3 Å². The van der Waals surface area contributed by atoms with Gasteiger partial charge in [-0.3, -0.25) is 4.79 Å². The molecule has 18 heavy (non-hydrogen) atoms. The van der Waals surface area contributed by atoms with Gasteiger partial charge in [-0.1, -0.05) is 23.7 Å². The highest BCUT2D eigenvalue weighted by Gasteiger charge is 2.14. The third-order valence-electron chi connectivity index (χ3n) is 2.49. The van der Waals surface area contributed by atoms with E-state index in [9.17, 15) is 4.79 Å². The van der Waals surface area contributed by atoms with Gasteiger partial charge in [-0.05, 0) is 47.1 Å². The normalized spacial score (nSPS) is 12.2. The van der Waals surface area contributed by atoms with Gasteiger partial charge in [0.15, 0.2) is 0 Å². The molecule has 2 rings (SSSR count). The van der Waals surface area contributed by atoms with E-state index >= 15 is 0 Å². The Morgan fingerprint density at radius 2 is 2.06 bits per heavy atom. The molecule has 1 amide bonds. The van der Waals surface area contributed by atoms with Crippen LogP contribution in [-0.2, 0) is 0 Å². The highest BCUT2D eigenvalue weighted by Crippen LogP contribution is 2.27. The summed E-state index contributed by atoms with van der Waals surface area (Å²) in [6.45, 7) is 1.94. The zero-order valence-electron chi connectivity index (χ0n) is 9.61. The van der Waals surface area contributed by atoms with Crippen molar-refractivity contribution in [3.63, 3.8) is 0 Å². The Kier molecular flexibility index (Phi) is 4.43. The average molecular weight is 345 g/mol. The van der Waals surface area contributed by atoms with Gasteiger partial charge in [0.1, 0.15) is 0 Å². The van der Waals surface area contributed by atoms with Gasteiger partial charge in [-0.2, -0.15) is 0 Å². The molecule has 1 aromatic heterocycles. The second kappa shape index (κ2) is 5.87. The molecule has 0 saturated carbocycles. The fourth-order valence-corrected chi connectivity index (χ4v) is 3.08. The summed E-state index contributed by atoms with van der Waals surface area (Å²) in [6.07, 6.45) is 0. The Labute approximate surface area is 123 Å². The van der Waals surface area contributed by atoms with Crippen LogP contribution in [0.3, 0.4) is 0 Å². The summed E-state index contributed by atoms with van der Waals surface area (Å²) >= 11 is 10.7. The summed E-state index contributed by atoms with van der Waals surface area (Å²) in [5.41, 5.74) is 0.631. The highest BCUT2D eigenvalue weighted by molar-refractivity contribution is 9.10. The molecular weight excluding hydrogens is 334 g/mol. The van der Waals surface area contributed by atoms with Crippen molar-refractivity contribution in [2.75, 3.05) is 0 Å². The van der Waals surface area contributed by atoms with E-state index in [0.717, 1.165) is 13.7 Å². The van der Waals surface area contributed by atoms with Crippen LogP contribution in [0.25, 0.3) is 0 Å². The van der Waals surface area contributed by atoms with Crippen molar-refractivity contribution in [1.82, 2.24) is 5.32 Å². The van der Waals surface area contributed by atoms with Crippen molar-refractivity contribution < 1.29 is 4.79 Å². The third kappa shape index (κ3) is 3.13. The minimum absolute atomic E-state index is 0.0536. The lowest BCUT2D eigenvalue weighted by Gasteiger charge is -2.12. The summed E-state index contributed by atoms with van der Waals surface area (Å²) < 4.78 is 1.52. The predicted octanol–water partition coefficient (Wildman–Crippen LogP) is 4.66. The molecule has 1 N–H and O–H groups in total. The van der Waals surface area contributed by atoms with Crippen molar-refractivity contribution >= 4 is 44.8 Å². The van der Waals surface area contributed by atoms with Gasteiger partial charge in [-0.15, -0.1) is 11.3 Å². The number of benzene rings is 1. The topological polar surface area (TPSA) is 29.1 Å². The molecule has 0 aliphatic carbocycles. The van der Waals surface area contributed by atoms with Gasteiger partial charge in [0.05, 0.1) is 15.9 Å². The first-order chi connectivity index (χ1) is 8.58. The number of halogens is 2. The maximum Gasteiger partial charge on any atom is 0.252 e. The molecule has 0 aliphatic heterocycles. The van der Waals surface area contributed by atoms with Gasteiger partial charge in [0.25, 0.3) is 5.91 Å². The minimum Gasteiger partial charge on any atom is -0.345 e. The SMILES string of the molecule is C[C@@H](NC(=O)c1ccccc1Br)c1ccc(Cl)s1. The summed E-state index contributed by atoms with van der Waals surface area (Å²) in [4.78, 5) is 13.1. The smallest absolute Gasteiger partial charge is 0.252 e. The molecule has 0 aliphatic rings. The molecule has 1 aromatic carbocycles. The van der Waals surface area contributed by atoms with E-state index in [2.05, 4.69) is 21.2 Å². The number of carbonyl (C=O) groups excluding carboxylic acids is 1. The van der Waals surface area contributed by atoms with E-state index < -0.39 is 0 Å². The molecule has 0 fully saturated rings. The number of hydrogen-bond donors (Lipinski definition) is 1. The molecular formula is C13H11BrClNOS. The summed E-state index contributed by atoms with van der Waals surface area (Å²) in [5.74, 6) is -0.0977. The van der Waals surface area contributed by atoms with Crippen molar-refractivity contribution in [3.05, 3.63) is 55.6 Å². The van der Waals surface area contributed by atoms with Crippen LogP contribution >= 0.6 is 38.9 Å². The number of rotatable bonds is 3. The molecule has 1 heterocycles. The zero-order valence-corrected chi connectivity index (χ0v) is 12.8. The Bertz CT molecular complexity index is 570. The highest BCUT2D eigenvalue weighted by atomic mass is 79.9. The maximum absolute atomic E-state index is 12.1. The number of hydrogen-bond acceptors (Lipinski definition) is 2. The lowest BCUT2D eigenvalue weighted by atomic mass is 10.2. The molecule has 2 aromatic rings. The van der Waals surface area contributed by atoms with Crippen LogP contribution in [-0.4, -0.2) is 5.91 Å². The molecule has 94 valence electrons. The first-order valence-electron chi connectivity index (χ1n) is 5.38. The second-order valence-corrected chi connectivity index (χ2v) is 6.42. The third-order valence-corrected chi connectivity index (χ3v) is 4.59. The van der Waals surface area contributed by atoms with Crippen LogP contribution in [0, 0.1) is 0 Å². The van der Waals surface area contributed by atoms with Gasteiger partial charge >= 0.3 is 0 Å². The summed E-state index contributed by atoms with van der Waals surface area (Å²) in [7, 11) is 0. The van der Waals surface area contributed by atoms with Crippen LogP contribution in [0.4, 0.5) is 0 Å². The molecule has 0 unspecified atom stereocenters. The standard InChI is InChI=1S/C13H11BrClNOS/c1-8(11-6-7-12(15)18-11)16-13(17)9-4-2-3-5-10(9)14/h2-8H,1H3,(H,16,17)/t8-/m1/s1. The van der Waals surface area contributed by atoms with Crippen molar-refractivity contribution in [3.8, 4) is 0 Å². The van der Waals surface area contributed by atoms with Gasteiger partial charge in [0.2, 0.25) is 0 Å². The monoisotopic (exact) mass is 343 g/mol. The Hall–Kier alpha value is -0.840. The molecule has 0 saturated heterocycles. The lowest BCUT2D eigenvalue weighted by molar-refractivity contribution is 0.0939. The Balaban J connectivity index is 2.10. The molecule has 2 nitrogen and oxygen atoms in total. The Morgan fingerprint density at radius 1 is 1.33 bits per heavy atom. The number of amides is 1. The first-order valence-corrected chi connectivity index (χ1v) is 7.37. The summed E-state index contributed by atoms with van der Waals surface area (Å²) in [6, 6.07) is 11.1. The number of carbonyl (C=O) groups is 1. The van der Waals surface area contributed by atoms with Crippen LogP contribution in [0.1, 0.15) is 28.2 Å². The van der Waals surface area contributed by atoms with Crippen LogP contribution in [0.2, 0.25) is 4.34 Å². The van der Waals surface area contributed by atoms with Crippen LogP contribution < -0.4 is 5.32 Å². The molecule has 5 heteroatoms. The largest absolute Gasteiger partial charge is 0.345 e. The number of thiophene rings is 1. The van der Waals surface area contributed by atoms with Gasteiger partial charge in [-0.25, -0.2) is 0 Å². The fraction of sp³-hybridized carbons (Fsp3) is 0.154. The lowest BCUT2D eigenvalue weighted by Crippen LogP contribution is -2.26.